The Kier molecular flexibility index (Phi) is 4.95. The van der Waals surface area contributed by atoms with Crippen LogP contribution in [0.3, 0.4) is 0 Å². The Morgan fingerprint density at radius 1 is 1.27 bits per heavy atom. The number of hydrogen-bond donors (Lipinski definition) is 1. The van der Waals surface area contributed by atoms with Gasteiger partial charge in [0.15, 0.2) is 0 Å². The van der Waals surface area contributed by atoms with Crippen LogP contribution in [-0.4, -0.2) is 17.0 Å². The van der Waals surface area contributed by atoms with E-state index in [1.54, 1.807) is 6.07 Å². The van der Waals surface area contributed by atoms with Gasteiger partial charge in [-0.15, -0.1) is 0 Å². The van der Waals surface area contributed by atoms with Crippen molar-refractivity contribution in [2.24, 2.45) is 5.10 Å². The Morgan fingerprint density at radius 2 is 1.95 bits per heavy atom. The molecule has 2 rings (SSSR count). The van der Waals surface area contributed by atoms with E-state index in [1.165, 1.54) is 30.5 Å². The predicted molar refractivity (Wildman–Crippen MR) is 82.3 cm³/mol. The van der Waals surface area contributed by atoms with Crippen LogP contribution in [0.5, 0.6) is 0 Å². The number of hydrogen-bond acceptors (Lipinski definition) is 4. The van der Waals surface area contributed by atoms with Crippen LogP contribution in [-0.2, 0) is 0 Å². The Morgan fingerprint density at radius 3 is 2.59 bits per heavy atom. The summed E-state index contributed by atoms with van der Waals surface area (Å²) in [7, 11) is 0. The molecule has 0 aromatic heterocycles. The lowest BCUT2D eigenvalue weighted by atomic mass is 10.2. The topological polar surface area (TPSA) is 84.6 Å². The number of rotatable bonds is 4. The molecule has 2 aromatic carbocycles. The monoisotopic (exact) mass is 365 g/mol. The maximum absolute atomic E-state index is 12.7. The number of amides is 1. The first-order chi connectivity index (χ1) is 10.5. The quantitative estimate of drug-likeness (QED) is 0.512. The average molecular weight is 366 g/mol. The van der Waals surface area contributed by atoms with Gasteiger partial charge < -0.3 is 0 Å². The van der Waals surface area contributed by atoms with Gasteiger partial charge in [0.25, 0.3) is 11.6 Å². The molecule has 0 heterocycles. The Labute approximate surface area is 132 Å². The van der Waals surface area contributed by atoms with E-state index in [0.29, 0.717) is 10.0 Å². The first-order valence-electron chi connectivity index (χ1n) is 6.00. The molecule has 22 heavy (non-hydrogen) atoms. The highest BCUT2D eigenvalue weighted by Gasteiger charge is 2.11. The number of nitrogens with one attached hydrogen (secondary N) is 1. The lowest BCUT2D eigenvalue weighted by molar-refractivity contribution is -0.385. The molecule has 0 atom stereocenters. The van der Waals surface area contributed by atoms with Crippen LogP contribution in [0.25, 0.3) is 0 Å². The van der Waals surface area contributed by atoms with Gasteiger partial charge in [-0.25, -0.2) is 9.82 Å². The summed E-state index contributed by atoms with van der Waals surface area (Å²) in [4.78, 5) is 22.0. The molecule has 0 bridgehead atoms. The Balaban J connectivity index is 2.06. The third-order valence-electron chi connectivity index (χ3n) is 2.65. The molecule has 0 aliphatic rings. The van der Waals surface area contributed by atoms with E-state index in [-0.39, 0.29) is 11.3 Å². The van der Waals surface area contributed by atoms with Crippen molar-refractivity contribution in [3.63, 3.8) is 0 Å². The lowest BCUT2D eigenvalue weighted by Crippen LogP contribution is -2.17. The van der Waals surface area contributed by atoms with Gasteiger partial charge in [0.1, 0.15) is 5.82 Å². The fraction of sp³-hybridized carbons (Fsp3) is 0. The van der Waals surface area contributed by atoms with E-state index >= 15 is 0 Å². The van der Waals surface area contributed by atoms with Gasteiger partial charge >= 0.3 is 0 Å². The highest BCUT2D eigenvalue weighted by atomic mass is 79.9. The van der Waals surface area contributed by atoms with Crippen molar-refractivity contribution in [1.29, 1.82) is 0 Å². The summed E-state index contributed by atoms with van der Waals surface area (Å²) in [6.07, 6.45) is 1.28. The number of halogens is 2. The van der Waals surface area contributed by atoms with Gasteiger partial charge in [-0.3, -0.25) is 14.9 Å². The summed E-state index contributed by atoms with van der Waals surface area (Å²) in [6, 6.07) is 9.41. The number of hydrazone groups is 1. The summed E-state index contributed by atoms with van der Waals surface area (Å²) in [5.41, 5.74) is 2.86. The SMILES string of the molecule is O=C(NN=Cc1ccc(Br)c([N+](=O)[O-])c1)c1ccc(F)cc1. The molecule has 0 spiro atoms. The second kappa shape index (κ2) is 6.90. The van der Waals surface area contributed by atoms with Crippen LogP contribution in [0, 0.1) is 15.9 Å². The zero-order valence-corrected chi connectivity index (χ0v) is 12.6. The molecule has 0 unspecified atom stereocenters. The molecule has 0 saturated carbocycles. The molecule has 112 valence electrons. The fourth-order valence-electron chi connectivity index (χ4n) is 1.58. The maximum Gasteiger partial charge on any atom is 0.284 e. The summed E-state index contributed by atoms with van der Waals surface area (Å²) in [5, 5.41) is 14.5. The van der Waals surface area contributed by atoms with Crippen LogP contribution in [0.1, 0.15) is 15.9 Å². The van der Waals surface area contributed by atoms with Crippen molar-refractivity contribution in [3.05, 3.63) is 74.0 Å². The van der Waals surface area contributed by atoms with Gasteiger partial charge in [-0.1, -0.05) is 6.07 Å². The summed E-state index contributed by atoms with van der Waals surface area (Å²) in [6.45, 7) is 0. The minimum Gasteiger partial charge on any atom is -0.267 e. The fourth-order valence-corrected chi connectivity index (χ4v) is 1.97. The smallest absolute Gasteiger partial charge is 0.267 e. The number of carbonyl (C=O) groups is 1. The van der Waals surface area contributed by atoms with Crippen molar-refractivity contribution in [2.45, 2.75) is 0 Å². The number of nitrogens with zero attached hydrogens (tertiary/aromatic N) is 2. The molecular formula is C14H9BrFN3O3. The van der Waals surface area contributed by atoms with Crippen molar-refractivity contribution >= 4 is 33.7 Å². The van der Waals surface area contributed by atoms with E-state index in [4.69, 9.17) is 0 Å². The van der Waals surface area contributed by atoms with Crippen molar-refractivity contribution in [1.82, 2.24) is 5.43 Å². The largest absolute Gasteiger partial charge is 0.284 e. The third-order valence-corrected chi connectivity index (χ3v) is 3.32. The third kappa shape index (κ3) is 3.95. The van der Waals surface area contributed by atoms with E-state index in [2.05, 4.69) is 26.5 Å². The molecule has 0 saturated heterocycles. The molecule has 0 radical (unpaired) electrons. The number of benzene rings is 2. The van der Waals surface area contributed by atoms with Crippen molar-refractivity contribution in [2.75, 3.05) is 0 Å². The van der Waals surface area contributed by atoms with Gasteiger partial charge in [0.2, 0.25) is 0 Å². The molecule has 8 heteroatoms. The number of nitro benzene ring substituents is 1. The van der Waals surface area contributed by atoms with Crippen LogP contribution < -0.4 is 5.43 Å². The van der Waals surface area contributed by atoms with E-state index in [0.717, 1.165) is 12.1 Å². The Bertz CT molecular complexity index is 747. The number of nitro groups is 1. The normalized spacial score (nSPS) is 10.6. The summed E-state index contributed by atoms with van der Waals surface area (Å²) >= 11 is 3.07. The van der Waals surface area contributed by atoms with Crippen molar-refractivity contribution < 1.29 is 14.1 Å². The van der Waals surface area contributed by atoms with Gasteiger partial charge in [0.05, 0.1) is 15.6 Å². The van der Waals surface area contributed by atoms with Crippen molar-refractivity contribution in [3.8, 4) is 0 Å². The van der Waals surface area contributed by atoms with E-state index < -0.39 is 16.6 Å². The highest BCUT2D eigenvalue weighted by molar-refractivity contribution is 9.10. The molecule has 1 N–H and O–H groups in total. The molecule has 1 amide bonds. The molecule has 6 nitrogen and oxygen atoms in total. The minimum atomic E-state index is -0.529. The van der Waals surface area contributed by atoms with Crippen LogP contribution >= 0.6 is 15.9 Å². The molecule has 0 fully saturated rings. The maximum atomic E-state index is 12.7. The molecule has 0 aliphatic carbocycles. The second-order valence-electron chi connectivity index (χ2n) is 4.17. The summed E-state index contributed by atoms with van der Waals surface area (Å²) in [5.74, 6) is -0.954. The predicted octanol–water partition coefficient (Wildman–Crippen LogP) is 3.26. The summed E-state index contributed by atoms with van der Waals surface area (Å²) < 4.78 is 13.1. The molecule has 2 aromatic rings. The average Bonchev–Trinajstić information content (AvgIpc) is 2.49. The molecule has 0 aliphatic heterocycles. The first-order valence-corrected chi connectivity index (χ1v) is 6.79. The zero-order chi connectivity index (χ0) is 16.1. The molecular weight excluding hydrogens is 357 g/mol. The van der Waals surface area contributed by atoms with Crippen LogP contribution in [0.2, 0.25) is 0 Å². The Hall–Kier alpha value is -2.61. The highest BCUT2D eigenvalue weighted by Crippen LogP contribution is 2.24. The number of carbonyl (C=O) groups excluding carboxylic acids is 1. The van der Waals surface area contributed by atoms with Crippen LogP contribution in [0.4, 0.5) is 10.1 Å². The van der Waals surface area contributed by atoms with Gasteiger partial charge in [-0.05, 0) is 46.3 Å². The lowest BCUT2D eigenvalue weighted by Gasteiger charge is -2.00. The first kappa shape index (κ1) is 15.8. The zero-order valence-electron chi connectivity index (χ0n) is 11.0. The van der Waals surface area contributed by atoms with E-state index in [9.17, 15) is 19.3 Å². The van der Waals surface area contributed by atoms with Gasteiger partial charge in [0, 0.05) is 17.2 Å². The second-order valence-corrected chi connectivity index (χ2v) is 5.03. The van der Waals surface area contributed by atoms with Crippen LogP contribution in [0.15, 0.2) is 52.0 Å². The standard InChI is InChI=1S/C14H9BrFN3O3/c15-12-6-1-9(7-13(12)19(21)22)8-17-18-14(20)10-2-4-11(16)5-3-10/h1-8H,(H,18,20). The van der Waals surface area contributed by atoms with E-state index in [1.807, 2.05) is 0 Å². The van der Waals surface area contributed by atoms with Gasteiger partial charge in [-0.2, -0.15) is 5.10 Å². The minimum absolute atomic E-state index is 0.103.